The first kappa shape index (κ1) is 14.9. The Kier molecular flexibility index (Phi) is 3.96. The zero-order valence-electron chi connectivity index (χ0n) is 23.2. The fourth-order valence-corrected chi connectivity index (χ4v) is 4.75. The van der Waals surface area contributed by atoms with Crippen molar-refractivity contribution < 1.29 is 37.1 Å². The summed E-state index contributed by atoms with van der Waals surface area (Å²) in [5.41, 5.74) is 1.03. The van der Waals surface area contributed by atoms with Crippen LogP contribution in [0.5, 0.6) is 17.2 Å². The number of Topliss-reactive ketones (excluding diaryl/α,β-unsaturated/α-hetero) is 1. The predicted octanol–water partition coefficient (Wildman–Crippen LogP) is 4.91. The molecule has 31 heavy (non-hydrogen) atoms. The van der Waals surface area contributed by atoms with Gasteiger partial charge in [0, 0.05) is 17.5 Å². The van der Waals surface area contributed by atoms with E-state index >= 15 is 0 Å². The molecule has 1 N–H and O–H groups in total. The van der Waals surface area contributed by atoms with Crippen molar-refractivity contribution in [1.29, 1.82) is 0 Å². The largest absolute Gasteiger partial charge is 0.493 e. The Morgan fingerprint density at radius 3 is 2.52 bits per heavy atom. The first-order valence-electron chi connectivity index (χ1n) is 13.4. The number of fused-ring (bicyclic) bond motifs is 1. The number of ketones is 1. The maximum Gasteiger partial charge on any atom is 0.313 e. The zero-order valence-corrected chi connectivity index (χ0v) is 17.2. The number of carbonyl (C=O) groups is 2. The summed E-state index contributed by atoms with van der Waals surface area (Å²) < 4.78 is 62.4. The number of rotatable bonds is 8. The van der Waals surface area contributed by atoms with Gasteiger partial charge in [0.15, 0.2) is 17.3 Å². The number of carboxylic acids is 1. The molecule has 164 valence electrons. The Morgan fingerprint density at radius 1 is 1.10 bits per heavy atom. The van der Waals surface area contributed by atoms with E-state index in [1.807, 2.05) is 0 Å². The van der Waals surface area contributed by atoms with Crippen molar-refractivity contribution in [3.63, 3.8) is 0 Å². The fraction of sp³-hybridized carbons (Fsp3) is 0.440. The molecule has 0 aliphatic heterocycles. The molecule has 1 saturated carbocycles. The predicted molar refractivity (Wildman–Crippen MR) is 116 cm³/mol. The third-order valence-corrected chi connectivity index (χ3v) is 6.58. The Balaban J connectivity index is 1.96. The second-order valence-electron chi connectivity index (χ2n) is 8.06. The molecule has 1 fully saturated rings. The van der Waals surface area contributed by atoms with Crippen LogP contribution in [0.1, 0.15) is 63.2 Å². The summed E-state index contributed by atoms with van der Waals surface area (Å²) in [6.45, 7) is 1.76. The first-order valence-corrected chi connectivity index (χ1v) is 10.4. The van der Waals surface area contributed by atoms with E-state index in [9.17, 15) is 14.7 Å². The molecule has 2 aliphatic carbocycles. The summed E-state index contributed by atoms with van der Waals surface area (Å²) in [5, 5.41) is 10.0. The van der Waals surface area contributed by atoms with E-state index in [2.05, 4.69) is 0 Å². The number of carboxylic acid groups (broad SMARTS) is 1. The van der Waals surface area contributed by atoms with Gasteiger partial charge >= 0.3 is 5.97 Å². The van der Waals surface area contributed by atoms with Gasteiger partial charge in [0.1, 0.15) is 11.5 Å². The molecule has 6 heteroatoms. The van der Waals surface area contributed by atoms with Crippen LogP contribution in [0.3, 0.4) is 0 Å². The second-order valence-corrected chi connectivity index (χ2v) is 8.06. The minimum atomic E-state index is -3.00. The van der Waals surface area contributed by atoms with Crippen LogP contribution in [0.2, 0.25) is 0 Å². The summed E-state index contributed by atoms with van der Waals surface area (Å²) in [6.07, 6.45) is 1.67. The van der Waals surface area contributed by atoms with Crippen molar-refractivity contribution in [2.75, 3.05) is 14.1 Å². The number of ether oxygens (including phenoxy) is 3. The highest BCUT2D eigenvalue weighted by Gasteiger charge is 2.52. The number of aliphatic carboxylic acids is 1. The van der Waals surface area contributed by atoms with Crippen LogP contribution in [0.25, 0.3) is 11.1 Å². The van der Waals surface area contributed by atoms with E-state index in [0.717, 1.165) is 5.56 Å². The van der Waals surface area contributed by atoms with Gasteiger partial charge in [-0.3, -0.25) is 9.59 Å². The average molecular weight is 431 g/mol. The van der Waals surface area contributed by atoms with Gasteiger partial charge in [-0.25, -0.2) is 0 Å². The van der Waals surface area contributed by atoms with Crippen LogP contribution in [-0.4, -0.2) is 37.0 Å². The van der Waals surface area contributed by atoms with E-state index in [1.54, 1.807) is 25.1 Å². The van der Waals surface area contributed by atoms with Gasteiger partial charge in [-0.2, -0.15) is 0 Å². The molecule has 1 atom stereocenters. The van der Waals surface area contributed by atoms with E-state index in [0.29, 0.717) is 48.8 Å². The molecule has 4 rings (SSSR count). The van der Waals surface area contributed by atoms with Gasteiger partial charge in [0.2, 0.25) is 5.75 Å². The molecule has 0 saturated heterocycles. The van der Waals surface area contributed by atoms with Gasteiger partial charge < -0.3 is 19.3 Å². The molecule has 0 amide bonds. The summed E-state index contributed by atoms with van der Waals surface area (Å²) in [5.74, 6) is -2.02. The van der Waals surface area contributed by atoms with Gasteiger partial charge in [-0.1, -0.05) is 31.5 Å². The van der Waals surface area contributed by atoms with Crippen molar-refractivity contribution in [1.82, 2.24) is 0 Å². The first-order chi connectivity index (χ1) is 17.3. The molecule has 2 aliphatic rings. The normalized spacial score (nSPS) is 21.1. The second kappa shape index (κ2) is 8.25. The zero-order chi connectivity index (χ0) is 27.2. The van der Waals surface area contributed by atoms with Gasteiger partial charge in [0.25, 0.3) is 0 Å². The summed E-state index contributed by atoms with van der Waals surface area (Å²) in [6, 6.07) is 7.95. The lowest BCUT2D eigenvalue weighted by Gasteiger charge is -2.43. The Bertz CT molecular complexity index is 1220. The average Bonchev–Trinajstić information content (AvgIpc) is 3.13. The topological polar surface area (TPSA) is 82.1 Å². The monoisotopic (exact) mass is 430 g/mol. The van der Waals surface area contributed by atoms with Gasteiger partial charge in [-0.05, 0) is 48.9 Å². The van der Waals surface area contributed by atoms with Crippen LogP contribution in [0.15, 0.2) is 30.3 Å². The maximum atomic E-state index is 12.4. The number of benzene rings is 2. The molecule has 0 bridgehead atoms. The number of carbonyl (C=O) groups excluding carboxylic acids is 1. The van der Waals surface area contributed by atoms with Crippen molar-refractivity contribution in [3.8, 4) is 28.4 Å². The summed E-state index contributed by atoms with van der Waals surface area (Å²) in [4.78, 5) is 24.7. The molecular formula is C25H28O6. The standard InChI is InChI=1S/C25H28O6/c1-4-21(25(24(27)28)13-6-14-25)31-22-18(10-12-20(29-2)23(22)30-3)15-7-5-8-17-16(15)9-11-19(17)26/h5,7-8,10,12,21H,4,6,9,11,13-14H2,1-3H3,(H,27,28)/i2D3,3D3. The number of hydrogen-bond acceptors (Lipinski definition) is 5. The lowest BCUT2D eigenvalue weighted by molar-refractivity contribution is -0.163. The summed E-state index contributed by atoms with van der Waals surface area (Å²) in [7, 11) is -5.92. The van der Waals surface area contributed by atoms with Crippen LogP contribution < -0.4 is 14.2 Å². The van der Waals surface area contributed by atoms with Gasteiger partial charge in [0.05, 0.1) is 22.3 Å². The smallest absolute Gasteiger partial charge is 0.313 e. The molecule has 1 unspecified atom stereocenters. The van der Waals surface area contributed by atoms with Crippen LogP contribution in [0.4, 0.5) is 0 Å². The summed E-state index contributed by atoms with van der Waals surface area (Å²) >= 11 is 0. The number of hydrogen-bond donors (Lipinski definition) is 1. The Morgan fingerprint density at radius 2 is 1.87 bits per heavy atom. The van der Waals surface area contributed by atoms with Crippen LogP contribution in [-0.2, 0) is 11.2 Å². The number of methoxy groups -OCH3 is 2. The molecule has 2 aromatic carbocycles. The lowest BCUT2D eigenvalue weighted by Crippen LogP contribution is -2.50. The van der Waals surface area contributed by atoms with Crippen molar-refractivity contribution in [3.05, 3.63) is 41.5 Å². The Labute approximate surface area is 190 Å². The maximum absolute atomic E-state index is 12.4. The highest BCUT2D eigenvalue weighted by molar-refractivity contribution is 6.02. The molecule has 0 aromatic heterocycles. The van der Waals surface area contributed by atoms with E-state index in [1.165, 1.54) is 12.1 Å². The third-order valence-electron chi connectivity index (χ3n) is 6.58. The molecule has 2 aromatic rings. The minimum absolute atomic E-state index is 0.0219. The third kappa shape index (κ3) is 3.34. The highest BCUT2D eigenvalue weighted by Crippen LogP contribution is 2.51. The Hall–Kier alpha value is -3.02. The fourth-order valence-electron chi connectivity index (χ4n) is 4.75. The van der Waals surface area contributed by atoms with E-state index < -0.39 is 37.3 Å². The highest BCUT2D eigenvalue weighted by atomic mass is 16.5. The van der Waals surface area contributed by atoms with E-state index in [4.69, 9.17) is 22.4 Å². The molecular weight excluding hydrogens is 396 g/mol. The SMILES string of the molecule is [2H]C([2H])([2H])Oc1ccc(-c2cccc3c2CCC3=O)c(OC(CC)C2(C(=O)O)CCC2)c1OC([2H])([2H])[2H]. The lowest BCUT2D eigenvalue weighted by atomic mass is 9.64. The van der Waals surface area contributed by atoms with Crippen molar-refractivity contribution in [2.24, 2.45) is 5.41 Å². The van der Waals surface area contributed by atoms with Crippen LogP contribution >= 0.6 is 0 Å². The molecule has 0 heterocycles. The van der Waals surface area contributed by atoms with E-state index in [-0.39, 0.29) is 23.7 Å². The molecule has 0 spiro atoms. The molecule has 0 radical (unpaired) electrons. The van der Waals surface area contributed by atoms with Crippen molar-refractivity contribution in [2.45, 2.75) is 51.6 Å². The van der Waals surface area contributed by atoms with Gasteiger partial charge in [-0.15, -0.1) is 0 Å². The van der Waals surface area contributed by atoms with Crippen molar-refractivity contribution >= 4 is 11.8 Å². The quantitative estimate of drug-likeness (QED) is 0.641. The van der Waals surface area contributed by atoms with Crippen LogP contribution in [0, 0.1) is 5.41 Å². The minimum Gasteiger partial charge on any atom is -0.493 e. The molecule has 6 nitrogen and oxygen atoms in total.